The Balaban J connectivity index is 1.91. The highest BCUT2D eigenvalue weighted by molar-refractivity contribution is 7.89. The van der Waals surface area contributed by atoms with Gasteiger partial charge in [0.05, 0.1) is 0 Å². The van der Waals surface area contributed by atoms with Crippen LogP contribution in [0.5, 0.6) is 0 Å². The van der Waals surface area contributed by atoms with Crippen molar-refractivity contribution in [3.63, 3.8) is 0 Å². The molecule has 9 heteroatoms. The van der Waals surface area contributed by atoms with Crippen LogP contribution in [0.4, 0.5) is 0 Å². The van der Waals surface area contributed by atoms with E-state index in [1.165, 1.54) is 21.1 Å². The van der Waals surface area contributed by atoms with Crippen LogP contribution in [0.2, 0.25) is 0 Å². The van der Waals surface area contributed by atoms with Gasteiger partial charge in [-0.2, -0.15) is 15.6 Å². The van der Waals surface area contributed by atoms with Crippen molar-refractivity contribution in [3.05, 3.63) is 40.3 Å². The van der Waals surface area contributed by atoms with Crippen LogP contribution >= 0.6 is 11.3 Å². The van der Waals surface area contributed by atoms with Crippen LogP contribution in [0, 0.1) is 5.92 Å². The predicted octanol–water partition coefficient (Wildman–Crippen LogP) is 0.582. The van der Waals surface area contributed by atoms with Crippen LogP contribution in [0.15, 0.2) is 34.0 Å². The lowest BCUT2D eigenvalue weighted by atomic mass is 9.92. The molecule has 1 aliphatic heterocycles. The Bertz CT molecular complexity index is 842. The standard InChI is InChI=1S/C15H19N3O4S2/c1-17-6-12(4-14(17)15(16)20)24(21,22)18-5-11(8-19)13(7-18)10-2-3-23-9-10/h2-4,6,9,11,13,19H,5,7-8H2,1H3,(H2,16,20)/t11-,13+/m1/s1. The summed E-state index contributed by atoms with van der Waals surface area (Å²) in [5.74, 6) is -0.853. The van der Waals surface area contributed by atoms with E-state index in [0.717, 1.165) is 5.56 Å². The summed E-state index contributed by atoms with van der Waals surface area (Å²) in [6, 6.07) is 3.26. The third kappa shape index (κ3) is 2.88. The van der Waals surface area contributed by atoms with E-state index < -0.39 is 15.9 Å². The Morgan fingerprint density at radius 2 is 2.21 bits per heavy atom. The van der Waals surface area contributed by atoms with E-state index >= 15 is 0 Å². The molecule has 24 heavy (non-hydrogen) atoms. The molecule has 1 amide bonds. The fraction of sp³-hybridized carbons (Fsp3) is 0.400. The number of nitrogens with two attached hydrogens (primary N) is 1. The zero-order chi connectivity index (χ0) is 17.5. The van der Waals surface area contributed by atoms with Gasteiger partial charge in [0.2, 0.25) is 10.0 Å². The van der Waals surface area contributed by atoms with E-state index in [9.17, 15) is 18.3 Å². The van der Waals surface area contributed by atoms with Crippen molar-refractivity contribution in [2.75, 3.05) is 19.7 Å². The van der Waals surface area contributed by atoms with E-state index in [-0.39, 0.29) is 35.6 Å². The van der Waals surface area contributed by atoms with Gasteiger partial charge >= 0.3 is 0 Å². The second-order valence-corrected chi connectivity index (χ2v) is 8.68. The number of amides is 1. The molecule has 0 aliphatic carbocycles. The quantitative estimate of drug-likeness (QED) is 0.804. The first-order valence-corrected chi connectivity index (χ1v) is 9.82. The van der Waals surface area contributed by atoms with Gasteiger partial charge in [-0.3, -0.25) is 4.79 Å². The molecule has 3 heterocycles. The van der Waals surface area contributed by atoms with Crippen LogP contribution in [-0.4, -0.2) is 48.0 Å². The van der Waals surface area contributed by atoms with E-state index in [1.54, 1.807) is 18.4 Å². The summed E-state index contributed by atoms with van der Waals surface area (Å²) in [4.78, 5) is 11.4. The molecule has 3 N–H and O–H groups in total. The molecule has 3 rings (SSSR count). The number of sulfonamides is 1. The first-order valence-electron chi connectivity index (χ1n) is 7.44. The average molecular weight is 369 g/mol. The van der Waals surface area contributed by atoms with Crippen molar-refractivity contribution in [1.82, 2.24) is 8.87 Å². The highest BCUT2D eigenvalue weighted by atomic mass is 32.2. The first kappa shape index (κ1) is 17.2. The number of thiophene rings is 1. The van der Waals surface area contributed by atoms with Crippen molar-refractivity contribution >= 4 is 27.3 Å². The molecular weight excluding hydrogens is 350 g/mol. The number of hydrogen-bond donors (Lipinski definition) is 2. The van der Waals surface area contributed by atoms with Crippen molar-refractivity contribution in [1.29, 1.82) is 0 Å². The molecule has 0 radical (unpaired) electrons. The highest BCUT2D eigenvalue weighted by Crippen LogP contribution is 2.36. The Morgan fingerprint density at radius 1 is 1.46 bits per heavy atom. The highest BCUT2D eigenvalue weighted by Gasteiger charge is 2.40. The summed E-state index contributed by atoms with van der Waals surface area (Å²) < 4.78 is 28.5. The van der Waals surface area contributed by atoms with Crippen molar-refractivity contribution < 1.29 is 18.3 Å². The summed E-state index contributed by atoms with van der Waals surface area (Å²) >= 11 is 1.55. The number of rotatable bonds is 5. The number of aromatic nitrogens is 1. The van der Waals surface area contributed by atoms with E-state index in [0.29, 0.717) is 6.54 Å². The Hall–Kier alpha value is -1.68. The normalized spacial score (nSPS) is 22.1. The monoisotopic (exact) mass is 369 g/mol. The lowest BCUT2D eigenvalue weighted by molar-refractivity contribution is 0.0992. The van der Waals surface area contributed by atoms with Gasteiger partial charge in [-0.05, 0) is 28.5 Å². The molecule has 0 aromatic carbocycles. The summed E-state index contributed by atoms with van der Waals surface area (Å²) in [5, 5.41) is 13.6. The molecule has 0 unspecified atom stereocenters. The number of aryl methyl sites for hydroxylation is 1. The zero-order valence-corrected chi connectivity index (χ0v) is 14.8. The zero-order valence-electron chi connectivity index (χ0n) is 13.1. The minimum atomic E-state index is -3.74. The van der Waals surface area contributed by atoms with Gasteiger partial charge in [0, 0.05) is 44.8 Å². The predicted molar refractivity (Wildman–Crippen MR) is 90.3 cm³/mol. The maximum absolute atomic E-state index is 12.9. The van der Waals surface area contributed by atoms with Gasteiger partial charge in [-0.25, -0.2) is 8.42 Å². The number of carbonyl (C=O) groups is 1. The van der Waals surface area contributed by atoms with Crippen molar-refractivity contribution in [2.45, 2.75) is 10.8 Å². The molecule has 2 aromatic rings. The minimum Gasteiger partial charge on any atom is -0.396 e. The SMILES string of the molecule is Cn1cc(S(=O)(=O)N2C[C@H](CO)[C@H](c3ccsc3)C2)cc1C(N)=O. The van der Waals surface area contributed by atoms with Crippen LogP contribution in [0.1, 0.15) is 22.0 Å². The van der Waals surface area contributed by atoms with Crippen molar-refractivity contribution in [3.8, 4) is 0 Å². The largest absolute Gasteiger partial charge is 0.396 e. The molecule has 0 saturated carbocycles. The third-order valence-electron chi connectivity index (χ3n) is 4.48. The molecule has 1 aliphatic rings. The number of aliphatic hydroxyl groups is 1. The Morgan fingerprint density at radius 3 is 2.75 bits per heavy atom. The van der Waals surface area contributed by atoms with Crippen LogP contribution in [0.3, 0.4) is 0 Å². The summed E-state index contributed by atoms with van der Waals surface area (Å²) in [6.45, 7) is 0.485. The van der Waals surface area contributed by atoms with Crippen LogP contribution in [0.25, 0.3) is 0 Å². The van der Waals surface area contributed by atoms with Gasteiger partial charge in [-0.15, -0.1) is 0 Å². The Labute approximate surface area is 144 Å². The molecule has 7 nitrogen and oxygen atoms in total. The minimum absolute atomic E-state index is 0.0321. The molecule has 130 valence electrons. The molecule has 1 saturated heterocycles. The van der Waals surface area contributed by atoms with Gasteiger partial charge in [0.15, 0.2) is 0 Å². The van der Waals surface area contributed by atoms with Gasteiger partial charge in [-0.1, -0.05) is 0 Å². The lowest BCUT2D eigenvalue weighted by Crippen LogP contribution is -2.29. The average Bonchev–Trinajstić information content (AvgIpc) is 3.25. The fourth-order valence-corrected chi connectivity index (χ4v) is 5.47. The number of nitrogens with zero attached hydrogens (tertiary/aromatic N) is 2. The molecular formula is C15H19N3O4S2. The summed E-state index contributed by atoms with van der Waals surface area (Å²) in [7, 11) is -2.17. The van der Waals surface area contributed by atoms with Crippen LogP contribution in [-0.2, 0) is 17.1 Å². The maximum atomic E-state index is 12.9. The smallest absolute Gasteiger partial charge is 0.265 e. The number of primary amides is 1. The van der Waals surface area contributed by atoms with Gasteiger partial charge in [0.25, 0.3) is 5.91 Å². The van der Waals surface area contributed by atoms with E-state index in [1.807, 2.05) is 16.8 Å². The molecule has 1 fully saturated rings. The lowest BCUT2D eigenvalue weighted by Gasteiger charge is -2.15. The van der Waals surface area contributed by atoms with Crippen molar-refractivity contribution in [2.24, 2.45) is 18.7 Å². The van der Waals surface area contributed by atoms with E-state index in [2.05, 4.69) is 0 Å². The second kappa shape index (κ2) is 6.32. The number of carbonyl (C=O) groups excluding carboxylic acids is 1. The summed E-state index contributed by atoms with van der Waals surface area (Å²) in [6.07, 6.45) is 1.39. The topological polar surface area (TPSA) is 106 Å². The first-order chi connectivity index (χ1) is 11.3. The van der Waals surface area contributed by atoms with Gasteiger partial charge < -0.3 is 15.4 Å². The second-order valence-electron chi connectivity index (χ2n) is 5.96. The fourth-order valence-electron chi connectivity index (χ4n) is 3.15. The van der Waals surface area contributed by atoms with Gasteiger partial charge in [0.1, 0.15) is 10.6 Å². The number of hydrogen-bond acceptors (Lipinski definition) is 5. The van der Waals surface area contributed by atoms with Crippen LogP contribution < -0.4 is 5.73 Å². The maximum Gasteiger partial charge on any atom is 0.265 e. The number of aliphatic hydroxyl groups excluding tert-OH is 1. The third-order valence-corrected chi connectivity index (χ3v) is 6.98. The molecule has 0 spiro atoms. The van der Waals surface area contributed by atoms with E-state index in [4.69, 9.17) is 5.73 Å². The molecule has 0 bridgehead atoms. The molecule has 2 aromatic heterocycles. The molecule has 2 atom stereocenters. The summed E-state index contributed by atoms with van der Waals surface area (Å²) in [5.41, 5.74) is 6.44. The Kier molecular flexibility index (Phi) is 4.52.